The fourth-order valence-corrected chi connectivity index (χ4v) is 2.41. The van der Waals surface area contributed by atoms with Crippen molar-refractivity contribution in [2.45, 2.75) is 32.2 Å². The van der Waals surface area contributed by atoms with Crippen molar-refractivity contribution in [1.82, 2.24) is 4.90 Å². The number of fused-ring (bicyclic) bond motifs is 2. The molecule has 1 aliphatic carbocycles. The van der Waals surface area contributed by atoms with Crippen LogP contribution >= 0.6 is 0 Å². The van der Waals surface area contributed by atoms with Gasteiger partial charge in [-0.05, 0) is 31.7 Å². The second kappa shape index (κ2) is 1.98. The molecule has 0 radical (unpaired) electrons. The molecule has 1 heterocycles. The number of nitrogens with zero attached hydrogens (tertiary/aromatic N) is 1. The molecule has 1 heteroatoms. The summed E-state index contributed by atoms with van der Waals surface area (Å²) in [5, 5.41) is 0. The van der Waals surface area contributed by atoms with E-state index in [1.54, 1.807) is 0 Å². The third-order valence-corrected chi connectivity index (χ3v) is 2.93. The minimum absolute atomic E-state index is 0.986. The van der Waals surface area contributed by atoms with Gasteiger partial charge in [0.05, 0.1) is 0 Å². The zero-order valence-corrected chi connectivity index (χ0v) is 6.14. The van der Waals surface area contributed by atoms with Crippen molar-refractivity contribution < 1.29 is 0 Å². The summed E-state index contributed by atoms with van der Waals surface area (Å²) in [7, 11) is 0. The van der Waals surface area contributed by atoms with Gasteiger partial charge in [-0.1, -0.05) is 6.92 Å². The maximum absolute atomic E-state index is 2.63. The van der Waals surface area contributed by atoms with E-state index in [0.717, 1.165) is 12.0 Å². The Hall–Kier alpha value is -0.0400. The van der Waals surface area contributed by atoms with Gasteiger partial charge in [0.1, 0.15) is 0 Å². The van der Waals surface area contributed by atoms with E-state index < -0.39 is 0 Å². The Bertz CT molecular complexity index is 111. The molecule has 9 heavy (non-hydrogen) atoms. The molecule has 0 aromatic rings. The fourth-order valence-electron chi connectivity index (χ4n) is 2.41. The zero-order chi connectivity index (χ0) is 6.27. The normalized spacial score (nSPS) is 42.3. The highest BCUT2D eigenvalue weighted by atomic mass is 15.2. The highest BCUT2D eigenvalue weighted by Gasteiger charge is 2.36. The van der Waals surface area contributed by atoms with E-state index >= 15 is 0 Å². The fraction of sp³-hybridized carbons (Fsp3) is 1.00. The smallest absolute Gasteiger partial charge is 0.00984 e. The maximum atomic E-state index is 2.63. The molecule has 0 aromatic carbocycles. The largest absolute Gasteiger partial charge is 0.300 e. The quantitative estimate of drug-likeness (QED) is 0.513. The molecule has 2 aliphatic rings. The molecule has 0 spiro atoms. The number of likely N-dealkylation sites (tertiary alicyclic amines) is 1. The minimum Gasteiger partial charge on any atom is -0.300 e. The van der Waals surface area contributed by atoms with Crippen molar-refractivity contribution in [2.75, 3.05) is 13.1 Å². The number of hydrogen-bond donors (Lipinski definition) is 0. The van der Waals surface area contributed by atoms with Gasteiger partial charge >= 0.3 is 0 Å². The monoisotopic (exact) mass is 125 g/mol. The second-order valence-corrected chi connectivity index (χ2v) is 3.42. The standard InChI is InChI=1S/C8H15N/c1-2-9-6-7-3-4-8(9)5-7/h7-8H,2-6H2,1H3/t7-,8+/m0/s1. The summed E-state index contributed by atoms with van der Waals surface area (Å²) < 4.78 is 0. The van der Waals surface area contributed by atoms with E-state index in [9.17, 15) is 0 Å². The highest BCUT2D eigenvalue weighted by Crippen LogP contribution is 2.36. The molecule has 0 aromatic heterocycles. The van der Waals surface area contributed by atoms with Crippen LogP contribution in [-0.2, 0) is 0 Å². The summed E-state index contributed by atoms with van der Waals surface area (Å²) in [5.74, 6) is 1.08. The molecule has 2 fully saturated rings. The second-order valence-electron chi connectivity index (χ2n) is 3.42. The number of piperidine rings is 1. The SMILES string of the molecule is CCN1C[C@H]2CC[C@@H]1C2. The van der Waals surface area contributed by atoms with Crippen LogP contribution in [0.4, 0.5) is 0 Å². The van der Waals surface area contributed by atoms with Crippen LogP contribution in [0.25, 0.3) is 0 Å². The Kier molecular flexibility index (Phi) is 1.26. The van der Waals surface area contributed by atoms with Crippen LogP contribution in [0.2, 0.25) is 0 Å². The first-order chi connectivity index (χ1) is 4.40. The Morgan fingerprint density at radius 1 is 1.44 bits per heavy atom. The van der Waals surface area contributed by atoms with Crippen LogP contribution in [0.3, 0.4) is 0 Å². The molecule has 1 saturated carbocycles. The van der Waals surface area contributed by atoms with Crippen molar-refractivity contribution in [3.05, 3.63) is 0 Å². The van der Waals surface area contributed by atoms with Crippen molar-refractivity contribution in [3.63, 3.8) is 0 Å². The van der Waals surface area contributed by atoms with E-state index in [1.165, 1.54) is 32.4 Å². The van der Waals surface area contributed by atoms with Crippen molar-refractivity contribution in [1.29, 1.82) is 0 Å². The van der Waals surface area contributed by atoms with Crippen molar-refractivity contribution in [3.8, 4) is 0 Å². The maximum Gasteiger partial charge on any atom is 0.00984 e. The Morgan fingerprint density at radius 2 is 2.33 bits per heavy atom. The molecule has 1 nitrogen and oxygen atoms in total. The lowest BCUT2D eigenvalue weighted by molar-refractivity contribution is 0.225. The summed E-state index contributed by atoms with van der Waals surface area (Å²) in [5.41, 5.74) is 0. The van der Waals surface area contributed by atoms with E-state index in [0.29, 0.717) is 0 Å². The average Bonchev–Trinajstić information content (AvgIpc) is 2.45. The molecular weight excluding hydrogens is 110 g/mol. The molecule has 1 aliphatic heterocycles. The lowest BCUT2D eigenvalue weighted by Gasteiger charge is -2.24. The van der Waals surface area contributed by atoms with Gasteiger partial charge in [0, 0.05) is 12.6 Å². The van der Waals surface area contributed by atoms with Crippen LogP contribution in [-0.4, -0.2) is 24.0 Å². The zero-order valence-electron chi connectivity index (χ0n) is 6.14. The van der Waals surface area contributed by atoms with E-state index in [2.05, 4.69) is 11.8 Å². The summed E-state index contributed by atoms with van der Waals surface area (Å²) in [4.78, 5) is 2.63. The number of rotatable bonds is 1. The van der Waals surface area contributed by atoms with Crippen LogP contribution in [0, 0.1) is 5.92 Å². The first-order valence-electron chi connectivity index (χ1n) is 4.14. The average molecular weight is 125 g/mol. The summed E-state index contributed by atoms with van der Waals surface area (Å²) in [6.07, 6.45) is 4.51. The van der Waals surface area contributed by atoms with Crippen molar-refractivity contribution >= 4 is 0 Å². The van der Waals surface area contributed by atoms with Crippen LogP contribution in [0.1, 0.15) is 26.2 Å². The lowest BCUT2D eigenvalue weighted by atomic mass is 10.1. The molecule has 2 bridgehead atoms. The molecular formula is C8H15N. The molecule has 52 valence electrons. The van der Waals surface area contributed by atoms with Gasteiger partial charge in [-0.2, -0.15) is 0 Å². The van der Waals surface area contributed by atoms with E-state index in [1.807, 2.05) is 0 Å². The molecule has 2 rings (SSSR count). The van der Waals surface area contributed by atoms with Gasteiger partial charge in [-0.3, -0.25) is 0 Å². The van der Waals surface area contributed by atoms with Gasteiger partial charge in [0.15, 0.2) is 0 Å². The summed E-state index contributed by atoms with van der Waals surface area (Å²) in [6.45, 7) is 4.96. The van der Waals surface area contributed by atoms with Crippen LogP contribution in [0.5, 0.6) is 0 Å². The van der Waals surface area contributed by atoms with Crippen LogP contribution < -0.4 is 0 Å². The Balaban J connectivity index is 2.01. The lowest BCUT2D eigenvalue weighted by Crippen LogP contribution is -2.31. The first-order valence-corrected chi connectivity index (χ1v) is 4.14. The Morgan fingerprint density at radius 3 is 2.67 bits per heavy atom. The molecule has 0 amide bonds. The minimum atomic E-state index is 0.986. The highest BCUT2D eigenvalue weighted by molar-refractivity contribution is 4.91. The third kappa shape index (κ3) is 0.787. The van der Waals surface area contributed by atoms with E-state index in [-0.39, 0.29) is 0 Å². The predicted molar refractivity (Wildman–Crippen MR) is 38.4 cm³/mol. The van der Waals surface area contributed by atoms with Gasteiger partial charge in [-0.25, -0.2) is 0 Å². The van der Waals surface area contributed by atoms with Crippen LogP contribution in [0.15, 0.2) is 0 Å². The van der Waals surface area contributed by atoms with Gasteiger partial charge < -0.3 is 4.90 Å². The molecule has 0 unspecified atom stereocenters. The molecule has 1 saturated heterocycles. The molecule has 0 N–H and O–H groups in total. The van der Waals surface area contributed by atoms with Crippen molar-refractivity contribution in [2.24, 2.45) is 5.92 Å². The first kappa shape index (κ1) is 5.72. The van der Waals surface area contributed by atoms with E-state index in [4.69, 9.17) is 0 Å². The summed E-state index contributed by atoms with van der Waals surface area (Å²) in [6, 6.07) is 0.986. The number of hydrogen-bond acceptors (Lipinski definition) is 1. The topological polar surface area (TPSA) is 3.24 Å². The molecule has 2 atom stereocenters. The predicted octanol–water partition coefficient (Wildman–Crippen LogP) is 1.49. The Labute approximate surface area is 57.0 Å². The third-order valence-electron chi connectivity index (χ3n) is 2.93. The van der Waals surface area contributed by atoms with Gasteiger partial charge in [0.25, 0.3) is 0 Å². The van der Waals surface area contributed by atoms with Gasteiger partial charge in [-0.15, -0.1) is 0 Å². The van der Waals surface area contributed by atoms with Gasteiger partial charge in [0.2, 0.25) is 0 Å². The summed E-state index contributed by atoms with van der Waals surface area (Å²) >= 11 is 0.